The Bertz CT molecular complexity index is 575. The number of hydrogen-bond acceptors (Lipinski definition) is 2. The summed E-state index contributed by atoms with van der Waals surface area (Å²) in [5, 5.41) is 12.0. The van der Waals surface area contributed by atoms with Gasteiger partial charge in [0.15, 0.2) is 0 Å². The number of carbonyl (C=O) groups excluding carboxylic acids is 1. The van der Waals surface area contributed by atoms with E-state index in [1.807, 2.05) is 19.1 Å². The number of carboxylic acid groups (broad SMARTS) is 1. The van der Waals surface area contributed by atoms with Gasteiger partial charge in [0.25, 0.3) is 0 Å². The third kappa shape index (κ3) is 3.07. The van der Waals surface area contributed by atoms with Crippen molar-refractivity contribution in [2.24, 2.45) is 5.92 Å². The van der Waals surface area contributed by atoms with Crippen LogP contribution in [0, 0.1) is 19.8 Å². The van der Waals surface area contributed by atoms with Crippen LogP contribution in [0.1, 0.15) is 40.7 Å². The van der Waals surface area contributed by atoms with Gasteiger partial charge in [0, 0.05) is 11.6 Å². The predicted octanol–water partition coefficient (Wildman–Crippen LogP) is 3.30. The Labute approximate surface area is 118 Å². The fourth-order valence-electron chi connectivity index (χ4n) is 2.43. The van der Waals surface area contributed by atoms with E-state index in [9.17, 15) is 14.7 Å². The van der Waals surface area contributed by atoms with Crippen molar-refractivity contribution in [1.82, 2.24) is 0 Å². The van der Waals surface area contributed by atoms with Crippen LogP contribution in [0.4, 0.5) is 5.69 Å². The first-order valence-electron chi connectivity index (χ1n) is 6.79. The number of benzene rings is 1. The van der Waals surface area contributed by atoms with Crippen molar-refractivity contribution in [2.45, 2.75) is 33.1 Å². The molecule has 4 nitrogen and oxygen atoms in total. The Morgan fingerprint density at radius 1 is 1.25 bits per heavy atom. The van der Waals surface area contributed by atoms with E-state index in [2.05, 4.69) is 11.4 Å². The molecule has 1 aromatic carbocycles. The van der Waals surface area contributed by atoms with Crippen molar-refractivity contribution in [3.8, 4) is 0 Å². The number of aryl methyl sites for hydroxylation is 1. The molecule has 106 valence electrons. The largest absolute Gasteiger partial charge is 0.478 e. The molecule has 1 aromatic rings. The normalized spacial score (nSPS) is 17.8. The van der Waals surface area contributed by atoms with E-state index < -0.39 is 5.97 Å². The Hall–Kier alpha value is -2.10. The quantitative estimate of drug-likeness (QED) is 0.830. The van der Waals surface area contributed by atoms with E-state index in [4.69, 9.17) is 0 Å². The first kappa shape index (κ1) is 14.3. The number of carboxylic acids is 1. The highest BCUT2D eigenvalue weighted by atomic mass is 16.4. The highest BCUT2D eigenvalue weighted by Gasteiger charge is 2.19. The molecule has 4 heteroatoms. The van der Waals surface area contributed by atoms with Crippen LogP contribution in [-0.4, -0.2) is 17.0 Å². The summed E-state index contributed by atoms with van der Waals surface area (Å²) in [4.78, 5) is 23.3. The summed E-state index contributed by atoms with van der Waals surface area (Å²) in [5.74, 6) is -1.02. The van der Waals surface area contributed by atoms with Crippen LogP contribution in [0.25, 0.3) is 0 Å². The van der Waals surface area contributed by atoms with Gasteiger partial charge >= 0.3 is 5.97 Å². The summed E-state index contributed by atoms with van der Waals surface area (Å²) in [6, 6.07) is 3.35. The van der Waals surface area contributed by atoms with Crippen LogP contribution in [-0.2, 0) is 4.79 Å². The fraction of sp³-hybridized carbons (Fsp3) is 0.375. The zero-order chi connectivity index (χ0) is 14.7. The third-order valence-corrected chi connectivity index (χ3v) is 3.81. The molecule has 0 heterocycles. The predicted molar refractivity (Wildman–Crippen MR) is 78.0 cm³/mol. The lowest BCUT2D eigenvalue weighted by Gasteiger charge is -2.18. The molecule has 1 amide bonds. The van der Waals surface area contributed by atoms with E-state index in [1.165, 1.54) is 6.07 Å². The molecule has 0 aromatic heterocycles. The number of hydrogen-bond donors (Lipinski definition) is 2. The van der Waals surface area contributed by atoms with Gasteiger partial charge < -0.3 is 10.4 Å². The number of aromatic carboxylic acids is 1. The maximum Gasteiger partial charge on any atom is 0.336 e. The molecule has 1 unspecified atom stereocenters. The fourth-order valence-corrected chi connectivity index (χ4v) is 2.43. The molecule has 2 N–H and O–H groups in total. The van der Waals surface area contributed by atoms with Crippen LogP contribution in [0.2, 0.25) is 0 Å². The lowest BCUT2D eigenvalue weighted by molar-refractivity contribution is -0.120. The molecule has 0 radical (unpaired) electrons. The second kappa shape index (κ2) is 5.90. The third-order valence-electron chi connectivity index (χ3n) is 3.81. The Morgan fingerprint density at radius 3 is 2.60 bits per heavy atom. The number of nitrogens with one attached hydrogen (secondary N) is 1. The number of anilines is 1. The number of carbonyl (C=O) groups is 2. The zero-order valence-electron chi connectivity index (χ0n) is 11.8. The molecule has 2 rings (SSSR count). The smallest absolute Gasteiger partial charge is 0.336 e. The van der Waals surface area contributed by atoms with Crippen molar-refractivity contribution in [2.75, 3.05) is 5.32 Å². The molecule has 0 aliphatic heterocycles. The standard InChI is InChI=1S/C16H19NO3/c1-10-8-13(9-14(11(10)2)16(19)20)17-15(18)12-6-4-3-5-7-12/h3-4,8-9,12H,5-7H2,1-2H3,(H,17,18)(H,19,20). The molecule has 1 aliphatic rings. The maximum absolute atomic E-state index is 12.2. The van der Waals surface area contributed by atoms with Crippen LogP contribution in [0.15, 0.2) is 24.3 Å². The second-order valence-corrected chi connectivity index (χ2v) is 5.24. The average molecular weight is 273 g/mol. The summed E-state index contributed by atoms with van der Waals surface area (Å²) in [6.45, 7) is 3.62. The van der Waals surface area contributed by atoms with E-state index in [-0.39, 0.29) is 17.4 Å². The van der Waals surface area contributed by atoms with Crippen LogP contribution in [0.3, 0.4) is 0 Å². The molecule has 0 fully saturated rings. The van der Waals surface area contributed by atoms with Crippen molar-refractivity contribution in [3.63, 3.8) is 0 Å². The Morgan fingerprint density at radius 2 is 2.00 bits per heavy atom. The Kier molecular flexibility index (Phi) is 4.23. The van der Waals surface area contributed by atoms with Gasteiger partial charge in [-0.05, 0) is 56.4 Å². The summed E-state index contributed by atoms with van der Waals surface area (Å²) >= 11 is 0. The number of allylic oxidation sites excluding steroid dienone is 2. The average Bonchev–Trinajstić information content (AvgIpc) is 2.43. The molecule has 0 spiro atoms. The van der Waals surface area contributed by atoms with Crippen LogP contribution >= 0.6 is 0 Å². The molecule has 0 saturated carbocycles. The number of amides is 1. The molecule has 1 atom stereocenters. The van der Waals surface area contributed by atoms with Gasteiger partial charge in [-0.3, -0.25) is 4.79 Å². The highest BCUT2D eigenvalue weighted by molar-refractivity contribution is 5.96. The SMILES string of the molecule is Cc1cc(NC(=O)C2CC=CCC2)cc(C(=O)O)c1C. The minimum atomic E-state index is -0.970. The van der Waals surface area contributed by atoms with Crippen molar-refractivity contribution in [1.29, 1.82) is 0 Å². The zero-order valence-corrected chi connectivity index (χ0v) is 11.8. The maximum atomic E-state index is 12.2. The van der Waals surface area contributed by atoms with E-state index >= 15 is 0 Å². The van der Waals surface area contributed by atoms with Gasteiger partial charge in [-0.25, -0.2) is 4.79 Å². The minimum Gasteiger partial charge on any atom is -0.478 e. The van der Waals surface area contributed by atoms with Gasteiger partial charge in [-0.1, -0.05) is 12.2 Å². The van der Waals surface area contributed by atoms with E-state index in [0.717, 1.165) is 30.4 Å². The van der Waals surface area contributed by atoms with Gasteiger partial charge in [0.1, 0.15) is 0 Å². The second-order valence-electron chi connectivity index (χ2n) is 5.24. The molecular weight excluding hydrogens is 254 g/mol. The van der Waals surface area contributed by atoms with Gasteiger partial charge in [0.2, 0.25) is 5.91 Å². The summed E-state index contributed by atoms with van der Waals surface area (Å²) < 4.78 is 0. The first-order chi connectivity index (χ1) is 9.49. The van der Waals surface area contributed by atoms with Crippen molar-refractivity contribution < 1.29 is 14.7 Å². The lowest BCUT2D eigenvalue weighted by atomic mass is 9.93. The topological polar surface area (TPSA) is 66.4 Å². The molecule has 20 heavy (non-hydrogen) atoms. The Balaban J connectivity index is 2.19. The number of rotatable bonds is 3. The van der Waals surface area contributed by atoms with E-state index in [0.29, 0.717) is 5.69 Å². The molecule has 0 saturated heterocycles. The highest BCUT2D eigenvalue weighted by Crippen LogP contribution is 2.23. The van der Waals surface area contributed by atoms with Gasteiger partial charge in [-0.15, -0.1) is 0 Å². The lowest BCUT2D eigenvalue weighted by Crippen LogP contribution is -2.23. The first-order valence-corrected chi connectivity index (χ1v) is 6.79. The monoisotopic (exact) mass is 273 g/mol. The summed E-state index contributed by atoms with van der Waals surface area (Å²) in [6.07, 6.45) is 6.63. The van der Waals surface area contributed by atoms with E-state index in [1.54, 1.807) is 6.92 Å². The molecular formula is C16H19NO3. The van der Waals surface area contributed by atoms with Gasteiger partial charge in [-0.2, -0.15) is 0 Å². The molecule has 1 aliphatic carbocycles. The summed E-state index contributed by atoms with van der Waals surface area (Å²) in [7, 11) is 0. The van der Waals surface area contributed by atoms with Crippen molar-refractivity contribution >= 4 is 17.6 Å². The van der Waals surface area contributed by atoms with Crippen molar-refractivity contribution in [3.05, 3.63) is 41.0 Å². The molecule has 0 bridgehead atoms. The van der Waals surface area contributed by atoms with Gasteiger partial charge in [0.05, 0.1) is 5.56 Å². The minimum absolute atomic E-state index is 0.0186. The van der Waals surface area contributed by atoms with Crippen LogP contribution < -0.4 is 5.32 Å². The summed E-state index contributed by atoms with van der Waals surface area (Å²) in [5.41, 5.74) is 2.40. The van der Waals surface area contributed by atoms with Crippen LogP contribution in [0.5, 0.6) is 0 Å².